The number of phenolic OH excluding ortho intramolecular Hbond substituents is 1. The van der Waals surface area contributed by atoms with Crippen LogP contribution in [0, 0.1) is 21.8 Å². The van der Waals surface area contributed by atoms with E-state index in [2.05, 4.69) is 22.2 Å². The number of anilines is 1. The summed E-state index contributed by atoms with van der Waals surface area (Å²) in [5.41, 5.74) is 6.54. The van der Waals surface area contributed by atoms with Crippen molar-refractivity contribution in [1.29, 1.82) is 5.26 Å². The molecule has 0 spiro atoms. The second-order valence-electron chi connectivity index (χ2n) is 6.07. The van der Waals surface area contributed by atoms with Gasteiger partial charge in [-0.1, -0.05) is 6.07 Å². The second kappa shape index (κ2) is 9.38. The SMILES string of the molecule is Cc1c(N[C@@H](C(=O)NNC(=O)c2cccc(O)c2)[C@@H](C)O)ccc(C#N)c1I. The van der Waals surface area contributed by atoms with E-state index in [0.29, 0.717) is 11.3 Å². The van der Waals surface area contributed by atoms with Crippen LogP contribution in [-0.4, -0.2) is 34.2 Å². The number of nitriles is 1. The third kappa shape index (κ3) is 5.11. The number of phenols is 1. The van der Waals surface area contributed by atoms with Gasteiger partial charge in [0.1, 0.15) is 17.9 Å². The highest BCUT2D eigenvalue weighted by molar-refractivity contribution is 14.1. The van der Waals surface area contributed by atoms with Crippen LogP contribution in [-0.2, 0) is 4.79 Å². The maximum Gasteiger partial charge on any atom is 0.269 e. The maximum atomic E-state index is 12.5. The normalized spacial score (nSPS) is 12.4. The molecular weight excluding hydrogens is 475 g/mol. The molecule has 2 aromatic carbocycles. The molecule has 0 heterocycles. The number of hydrogen-bond donors (Lipinski definition) is 5. The predicted molar refractivity (Wildman–Crippen MR) is 111 cm³/mol. The molecule has 28 heavy (non-hydrogen) atoms. The van der Waals surface area contributed by atoms with Crippen molar-refractivity contribution < 1.29 is 19.8 Å². The third-order valence-corrected chi connectivity index (χ3v) is 5.38. The van der Waals surface area contributed by atoms with Crippen molar-refractivity contribution in [1.82, 2.24) is 10.9 Å². The van der Waals surface area contributed by atoms with Gasteiger partial charge in [-0.25, -0.2) is 0 Å². The van der Waals surface area contributed by atoms with E-state index < -0.39 is 24.0 Å². The largest absolute Gasteiger partial charge is 0.508 e. The van der Waals surface area contributed by atoms with Crippen LogP contribution in [0.4, 0.5) is 5.69 Å². The van der Waals surface area contributed by atoms with Gasteiger partial charge >= 0.3 is 0 Å². The van der Waals surface area contributed by atoms with Crippen LogP contribution in [0.3, 0.4) is 0 Å². The molecule has 0 saturated heterocycles. The van der Waals surface area contributed by atoms with Crippen molar-refractivity contribution in [3.05, 3.63) is 56.7 Å². The van der Waals surface area contributed by atoms with E-state index in [1.165, 1.54) is 31.2 Å². The number of nitrogens with zero attached hydrogens (tertiary/aromatic N) is 1. The van der Waals surface area contributed by atoms with Crippen LogP contribution >= 0.6 is 22.6 Å². The van der Waals surface area contributed by atoms with Gasteiger partial charge in [-0.2, -0.15) is 5.26 Å². The molecule has 0 aliphatic heterocycles. The molecule has 0 unspecified atom stereocenters. The number of aromatic hydroxyl groups is 1. The quantitative estimate of drug-likeness (QED) is 0.318. The molecule has 0 aliphatic carbocycles. The molecule has 2 rings (SSSR count). The van der Waals surface area contributed by atoms with Crippen LogP contribution in [0.15, 0.2) is 36.4 Å². The van der Waals surface area contributed by atoms with Gasteiger partial charge in [0.25, 0.3) is 11.8 Å². The Hall–Kier alpha value is -2.84. The van der Waals surface area contributed by atoms with Gasteiger partial charge in [-0.05, 0) is 72.3 Å². The Labute approximate surface area is 175 Å². The van der Waals surface area contributed by atoms with Gasteiger partial charge in [0, 0.05) is 14.8 Å². The molecule has 8 nitrogen and oxygen atoms in total. The lowest BCUT2D eigenvalue weighted by molar-refractivity contribution is -0.124. The van der Waals surface area contributed by atoms with E-state index in [9.17, 15) is 19.8 Å². The number of halogens is 1. The molecule has 0 fully saturated rings. The molecule has 0 radical (unpaired) electrons. The van der Waals surface area contributed by atoms with Gasteiger partial charge in [-0.3, -0.25) is 20.4 Å². The number of hydrazine groups is 1. The standard InChI is InChI=1S/C19H19IN4O4/c1-10-15(7-6-13(9-21)16(10)20)22-17(11(2)25)19(28)24-23-18(27)12-4-3-5-14(26)8-12/h3-8,11,17,22,25-26H,1-2H3,(H,23,27)(H,24,28)/t11-,17-/m1/s1. The molecule has 2 amide bonds. The van der Waals surface area contributed by atoms with Crippen LogP contribution in [0.5, 0.6) is 5.75 Å². The third-order valence-electron chi connectivity index (χ3n) is 3.99. The fourth-order valence-electron chi connectivity index (χ4n) is 2.42. The Morgan fingerprint density at radius 3 is 2.54 bits per heavy atom. The van der Waals surface area contributed by atoms with Crippen molar-refractivity contribution >= 4 is 40.1 Å². The molecule has 0 bridgehead atoms. The lowest BCUT2D eigenvalue weighted by Crippen LogP contribution is -2.52. The average Bonchev–Trinajstić information content (AvgIpc) is 2.66. The molecule has 0 aliphatic rings. The van der Waals surface area contributed by atoms with E-state index >= 15 is 0 Å². The highest BCUT2D eigenvalue weighted by Crippen LogP contribution is 2.25. The Balaban J connectivity index is 2.09. The maximum absolute atomic E-state index is 12.5. The highest BCUT2D eigenvalue weighted by Gasteiger charge is 2.25. The molecular formula is C19H19IN4O4. The number of benzene rings is 2. The smallest absolute Gasteiger partial charge is 0.269 e. The summed E-state index contributed by atoms with van der Waals surface area (Å²) in [6.07, 6.45) is -1.06. The number of hydrogen-bond acceptors (Lipinski definition) is 6. The number of nitrogens with one attached hydrogen (secondary N) is 3. The fraction of sp³-hybridized carbons (Fsp3) is 0.211. The summed E-state index contributed by atoms with van der Waals surface area (Å²) in [5, 5.41) is 31.5. The van der Waals surface area contributed by atoms with Crippen molar-refractivity contribution in [2.24, 2.45) is 0 Å². The summed E-state index contributed by atoms with van der Waals surface area (Å²) < 4.78 is 0.743. The summed E-state index contributed by atoms with van der Waals surface area (Å²) in [4.78, 5) is 24.5. The van der Waals surface area contributed by atoms with Crippen LogP contribution in [0.2, 0.25) is 0 Å². The molecule has 5 N–H and O–H groups in total. The predicted octanol–water partition coefficient (Wildman–Crippen LogP) is 1.80. The number of carbonyl (C=O) groups is 2. The minimum absolute atomic E-state index is 0.0756. The van der Waals surface area contributed by atoms with Crippen LogP contribution in [0.1, 0.15) is 28.4 Å². The summed E-state index contributed by atoms with van der Waals surface area (Å²) in [5.74, 6) is -1.34. The zero-order valence-electron chi connectivity index (χ0n) is 15.2. The van der Waals surface area contributed by atoms with Gasteiger partial charge < -0.3 is 15.5 Å². The summed E-state index contributed by atoms with van der Waals surface area (Å²) in [6.45, 7) is 3.24. The Bertz CT molecular complexity index is 940. The molecule has 2 aromatic rings. The second-order valence-corrected chi connectivity index (χ2v) is 7.15. The first-order valence-electron chi connectivity index (χ1n) is 8.27. The Morgan fingerprint density at radius 1 is 1.21 bits per heavy atom. The topological polar surface area (TPSA) is 134 Å². The van der Waals surface area contributed by atoms with Gasteiger partial charge in [0.05, 0.1) is 11.7 Å². The van der Waals surface area contributed by atoms with Gasteiger partial charge in [0.15, 0.2) is 0 Å². The first kappa shape index (κ1) is 21.5. The molecule has 146 valence electrons. The Kier molecular flexibility index (Phi) is 7.19. The van der Waals surface area contributed by atoms with Gasteiger partial charge in [-0.15, -0.1) is 0 Å². The first-order chi connectivity index (χ1) is 13.2. The van der Waals surface area contributed by atoms with Gasteiger partial charge in [0.2, 0.25) is 0 Å². The van der Waals surface area contributed by atoms with Crippen molar-refractivity contribution in [3.63, 3.8) is 0 Å². The summed E-state index contributed by atoms with van der Waals surface area (Å²) >= 11 is 2.04. The summed E-state index contributed by atoms with van der Waals surface area (Å²) in [7, 11) is 0. The molecule has 2 atom stereocenters. The monoisotopic (exact) mass is 494 g/mol. The van der Waals surface area contributed by atoms with Crippen molar-refractivity contribution in [3.8, 4) is 11.8 Å². The lowest BCUT2D eigenvalue weighted by atomic mass is 10.1. The molecule has 0 aromatic heterocycles. The molecule has 9 heteroatoms. The molecule has 0 saturated carbocycles. The number of amides is 2. The van der Waals surface area contributed by atoms with Crippen molar-refractivity contribution in [2.45, 2.75) is 26.0 Å². The van der Waals surface area contributed by atoms with E-state index in [0.717, 1.165) is 9.13 Å². The number of aliphatic hydroxyl groups excluding tert-OH is 1. The first-order valence-corrected chi connectivity index (χ1v) is 9.35. The zero-order chi connectivity index (χ0) is 20.8. The fourth-order valence-corrected chi connectivity index (χ4v) is 3.01. The Morgan fingerprint density at radius 2 is 1.93 bits per heavy atom. The van der Waals surface area contributed by atoms with Crippen LogP contribution < -0.4 is 16.2 Å². The average molecular weight is 494 g/mol. The number of rotatable bonds is 5. The number of carbonyl (C=O) groups excluding carboxylic acids is 2. The minimum atomic E-state index is -1.06. The van der Waals surface area contributed by atoms with Crippen molar-refractivity contribution in [2.75, 3.05) is 5.32 Å². The van der Waals surface area contributed by atoms with E-state index in [1.54, 1.807) is 19.1 Å². The minimum Gasteiger partial charge on any atom is -0.508 e. The van der Waals surface area contributed by atoms with E-state index in [4.69, 9.17) is 5.26 Å². The zero-order valence-corrected chi connectivity index (χ0v) is 17.3. The van der Waals surface area contributed by atoms with E-state index in [-0.39, 0.29) is 11.3 Å². The van der Waals surface area contributed by atoms with E-state index in [1.807, 2.05) is 22.6 Å². The van der Waals surface area contributed by atoms with Crippen LogP contribution in [0.25, 0.3) is 0 Å². The highest BCUT2D eigenvalue weighted by atomic mass is 127. The summed E-state index contributed by atoms with van der Waals surface area (Å²) in [6, 6.07) is 9.98. The number of aliphatic hydroxyl groups is 1. The lowest BCUT2D eigenvalue weighted by Gasteiger charge is -2.23.